The molecule has 24 heavy (non-hydrogen) atoms. The number of ether oxygens (including phenoxy) is 1. The molecule has 1 fully saturated rings. The van der Waals surface area contributed by atoms with E-state index in [9.17, 15) is 4.79 Å². The van der Waals surface area contributed by atoms with Gasteiger partial charge in [-0.15, -0.1) is 0 Å². The first kappa shape index (κ1) is 16.6. The Morgan fingerprint density at radius 1 is 1.42 bits per heavy atom. The van der Waals surface area contributed by atoms with Crippen LogP contribution in [-0.2, 0) is 11.2 Å². The second kappa shape index (κ2) is 7.54. The van der Waals surface area contributed by atoms with Crippen LogP contribution in [0.2, 0.25) is 5.02 Å². The van der Waals surface area contributed by atoms with Gasteiger partial charge in [0.2, 0.25) is 0 Å². The summed E-state index contributed by atoms with van der Waals surface area (Å²) >= 11 is 6.34. The first-order valence-corrected chi connectivity index (χ1v) is 8.05. The van der Waals surface area contributed by atoms with Crippen molar-refractivity contribution in [3.05, 3.63) is 63.9 Å². The highest BCUT2D eigenvalue weighted by molar-refractivity contribution is 6.31. The summed E-state index contributed by atoms with van der Waals surface area (Å²) in [4.78, 5) is 16.3. The van der Waals surface area contributed by atoms with Crippen LogP contribution in [0.3, 0.4) is 0 Å². The monoisotopic (exact) mass is 341 g/mol. The van der Waals surface area contributed by atoms with E-state index in [0.29, 0.717) is 22.9 Å². The number of nitrogens with one attached hydrogen (secondary N) is 1. The van der Waals surface area contributed by atoms with E-state index in [1.165, 1.54) is 6.20 Å². The van der Waals surface area contributed by atoms with Crippen LogP contribution in [-0.4, -0.2) is 30.5 Å². The van der Waals surface area contributed by atoms with E-state index in [2.05, 4.69) is 10.3 Å². The third kappa shape index (κ3) is 3.80. The van der Waals surface area contributed by atoms with Crippen LogP contribution >= 0.6 is 11.6 Å². The van der Waals surface area contributed by atoms with E-state index >= 15 is 0 Å². The summed E-state index contributed by atoms with van der Waals surface area (Å²) in [6.07, 6.45) is 1.55. The Labute approximate surface area is 145 Å². The van der Waals surface area contributed by atoms with Gasteiger partial charge < -0.3 is 10.1 Å². The molecule has 1 aliphatic rings. The van der Waals surface area contributed by atoms with Crippen LogP contribution in [0.15, 0.2) is 36.5 Å². The van der Waals surface area contributed by atoms with Gasteiger partial charge in [-0.1, -0.05) is 23.7 Å². The Morgan fingerprint density at radius 3 is 2.92 bits per heavy atom. The summed E-state index contributed by atoms with van der Waals surface area (Å²) in [5.41, 5.74) is 2.50. The number of benzene rings is 1. The number of aromatic nitrogens is 1. The molecule has 5 nitrogen and oxygen atoms in total. The zero-order chi connectivity index (χ0) is 16.9. The molecule has 1 saturated heterocycles. The molecule has 1 N–H and O–H groups in total. The van der Waals surface area contributed by atoms with Gasteiger partial charge in [0.25, 0.3) is 0 Å². The van der Waals surface area contributed by atoms with Crippen LogP contribution in [0.5, 0.6) is 0 Å². The first-order valence-electron chi connectivity index (χ1n) is 7.67. The molecule has 0 spiro atoms. The smallest absolute Gasteiger partial charge is 0.185 e. The lowest BCUT2D eigenvalue weighted by molar-refractivity contribution is 0.0277. The van der Waals surface area contributed by atoms with Crippen molar-refractivity contribution in [1.82, 2.24) is 10.3 Å². The molecule has 0 amide bonds. The minimum absolute atomic E-state index is 0.0128. The van der Waals surface area contributed by atoms with E-state index in [4.69, 9.17) is 21.6 Å². The molecule has 6 heteroatoms. The fourth-order valence-corrected chi connectivity index (χ4v) is 2.83. The van der Waals surface area contributed by atoms with Crippen molar-refractivity contribution in [2.75, 3.05) is 19.7 Å². The number of carbonyl (C=O) groups is 1. The zero-order valence-electron chi connectivity index (χ0n) is 13.0. The quantitative estimate of drug-likeness (QED) is 0.865. The van der Waals surface area contributed by atoms with Gasteiger partial charge in [0, 0.05) is 30.7 Å². The lowest BCUT2D eigenvalue weighted by Gasteiger charge is -2.24. The number of Topliss-reactive ketones (excluding diaryl/α,β-unsaturated/α-hetero) is 1. The molecule has 2 heterocycles. The summed E-state index contributed by atoms with van der Waals surface area (Å²) in [6, 6.07) is 10.8. The topological polar surface area (TPSA) is 75.0 Å². The number of nitrogens with zero attached hydrogens (tertiary/aromatic N) is 2. The summed E-state index contributed by atoms with van der Waals surface area (Å²) in [7, 11) is 0. The number of nitriles is 1. The molecule has 0 saturated carbocycles. The van der Waals surface area contributed by atoms with Crippen molar-refractivity contribution in [2.24, 2.45) is 0 Å². The van der Waals surface area contributed by atoms with Crippen molar-refractivity contribution in [1.29, 1.82) is 5.26 Å². The van der Waals surface area contributed by atoms with Crippen molar-refractivity contribution in [3.63, 3.8) is 0 Å². The summed E-state index contributed by atoms with van der Waals surface area (Å²) in [5.74, 6) is -0.135. The predicted molar refractivity (Wildman–Crippen MR) is 90.0 cm³/mol. The number of rotatable bonds is 4. The highest BCUT2D eigenvalue weighted by Crippen LogP contribution is 2.25. The van der Waals surface area contributed by atoms with E-state index in [0.717, 1.165) is 24.2 Å². The van der Waals surface area contributed by atoms with E-state index < -0.39 is 0 Å². The number of ketones is 1. The molecular weight excluding hydrogens is 326 g/mol. The van der Waals surface area contributed by atoms with Crippen LogP contribution in [0.1, 0.15) is 33.3 Å². The molecule has 122 valence electrons. The van der Waals surface area contributed by atoms with Gasteiger partial charge in [0.05, 0.1) is 18.3 Å². The summed E-state index contributed by atoms with van der Waals surface area (Å²) in [6.45, 7) is 2.28. The van der Waals surface area contributed by atoms with Crippen LogP contribution in [0, 0.1) is 11.3 Å². The molecule has 0 aliphatic carbocycles. The Balaban J connectivity index is 1.72. The van der Waals surface area contributed by atoms with Gasteiger partial charge in [-0.25, -0.2) is 0 Å². The van der Waals surface area contributed by atoms with Gasteiger partial charge >= 0.3 is 0 Å². The zero-order valence-corrected chi connectivity index (χ0v) is 13.7. The molecule has 2 aromatic rings. The van der Waals surface area contributed by atoms with Gasteiger partial charge in [-0.2, -0.15) is 5.26 Å². The lowest BCUT2D eigenvalue weighted by atomic mass is 10.0. The minimum atomic E-state index is -0.135. The maximum atomic E-state index is 12.3. The highest BCUT2D eigenvalue weighted by atomic mass is 35.5. The van der Waals surface area contributed by atoms with Gasteiger partial charge in [-0.3, -0.25) is 9.78 Å². The van der Waals surface area contributed by atoms with Crippen LogP contribution < -0.4 is 5.32 Å². The molecule has 0 unspecified atom stereocenters. The second-order valence-corrected chi connectivity index (χ2v) is 5.97. The van der Waals surface area contributed by atoms with Crippen molar-refractivity contribution in [2.45, 2.75) is 12.5 Å². The van der Waals surface area contributed by atoms with Gasteiger partial charge in [0.15, 0.2) is 5.78 Å². The molecule has 1 aliphatic heterocycles. The normalized spacial score (nSPS) is 17.2. The Bertz CT molecular complexity index is 778. The second-order valence-electron chi connectivity index (χ2n) is 5.56. The maximum Gasteiger partial charge on any atom is 0.185 e. The van der Waals surface area contributed by atoms with Crippen LogP contribution in [0.4, 0.5) is 0 Å². The van der Waals surface area contributed by atoms with E-state index in [-0.39, 0.29) is 18.3 Å². The van der Waals surface area contributed by atoms with Gasteiger partial charge in [-0.05, 0) is 29.3 Å². The van der Waals surface area contributed by atoms with Crippen molar-refractivity contribution < 1.29 is 9.53 Å². The number of halogens is 1. The Morgan fingerprint density at radius 2 is 2.29 bits per heavy atom. The number of hydrogen-bond donors (Lipinski definition) is 1. The molecule has 0 radical (unpaired) electrons. The fraction of sp³-hybridized carbons (Fsp3) is 0.278. The molecular formula is C18H16ClN3O2. The fourth-order valence-electron chi connectivity index (χ4n) is 2.58. The van der Waals surface area contributed by atoms with E-state index in [1.807, 2.05) is 24.3 Å². The first-order chi connectivity index (χ1) is 11.7. The highest BCUT2D eigenvalue weighted by Gasteiger charge is 2.18. The number of carbonyl (C=O) groups excluding carboxylic acids is 1. The van der Waals surface area contributed by atoms with Gasteiger partial charge in [0.1, 0.15) is 11.8 Å². The molecule has 3 rings (SSSR count). The number of pyridine rings is 1. The predicted octanol–water partition coefficient (Wildman–Crippen LogP) is 2.69. The third-order valence-electron chi connectivity index (χ3n) is 3.91. The molecule has 1 aromatic carbocycles. The minimum Gasteiger partial charge on any atom is -0.371 e. The largest absolute Gasteiger partial charge is 0.371 e. The van der Waals surface area contributed by atoms with E-state index in [1.54, 1.807) is 12.1 Å². The Hall–Kier alpha value is -2.26. The van der Waals surface area contributed by atoms with Crippen molar-refractivity contribution in [3.8, 4) is 6.07 Å². The molecule has 0 bridgehead atoms. The lowest BCUT2D eigenvalue weighted by Crippen LogP contribution is -2.33. The summed E-state index contributed by atoms with van der Waals surface area (Å²) in [5, 5.41) is 12.6. The average molecular weight is 342 g/mol. The molecule has 1 aromatic heterocycles. The SMILES string of the molecule is N#Cc1ccc(C(=O)Cc2ccc([C@H]3CNCCO3)cc2Cl)nc1. The molecule has 1 atom stereocenters. The Kier molecular flexibility index (Phi) is 5.21. The maximum absolute atomic E-state index is 12.3. The standard InChI is InChI=1S/C18H16ClN3O2/c19-15-7-14(18-11-21-5-6-24-18)3-2-13(15)8-17(23)16-4-1-12(9-20)10-22-16/h1-4,7,10,18,21H,5-6,8,11H2/t18-/m1/s1. The average Bonchev–Trinajstić information content (AvgIpc) is 2.64. The van der Waals surface area contributed by atoms with Crippen LogP contribution in [0.25, 0.3) is 0 Å². The summed E-state index contributed by atoms with van der Waals surface area (Å²) < 4.78 is 5.71. The third-order valence-corrected chi connectivity index (χ3v) is 4.26. The van der Waals surface area contributed by atoms with Crippen molar-refractivity contribution >= 4 is 17.4 Å². The number of morpholine rings is 1. The number of hydrogen-bond acceptors (Lipinski definition) is 5.